The van der Waals surface area contributed by atoms with E-state index in [1.807, 2.05) is 19.9 Å². The van der Waals surface area contributed by atoms with Crippen LogP contribution < -0.4 is 10.1 Å². The standard InChI is InChI=1S/C14H16ClN3O2/c1-3-10-7-16-18-14(10)17-13(19)8-20-12-6-9(2)4-5-11(12)15/h4-7H,3,8H2,1-2H3,(H2,16,17,18,19). The maximum absolute atomic E-state index is 11.8. The molecule has 0 aliphatic rings. The number of halogens is 1. The predicted molar refractivity (Wildman–Crippen MR) is 78.3 cm³/mol. The van der Waals surface area contributed by atoms with Crippen LogP contribution in [0, 0.1) is 6.92 Å². The summed E-state index contributed by atoms with van der Waals surface area (Å²) < 4.78 is 5.42. The van der Waals surface area contributed by atoms with Gasteiger partial charge in [0.2, 0.25) is 0 Å². The minimum absolute atomic E-state index is 0.106. The number of H-pyrrole nitrogens is 1. The number of carbonyl (C=O) groups excluding carboxylic acids is 1. The number of benzene rings is 1. The highest BCUT2D eigenvalue weighted by molar-refractivity contribution is 6.32. The Hall–Kier alpha value is -2.01. The molecule has 2 N–H and O–H groups in total. The zero-order valence-electron chi connectivity index (χ0n) is 11.4. The molecular formula is C14H16ClN3O2. The number of aromatic amines is 1. The van der Waals surface area contributed by atoms with Crippen LogP contribution in [0.3, 0.4) is 0 Å². The number of ether oxygens (including phenoxy) is 1. The van der Waals surface area contributed by atoms with Gasteiger partial charge in [-0.15, -0.1) is 0 Å². The number of aromatic nitrogens is 2. The maximum atomic E-state index is 11.8. The van der Waals surface area contributed by atoms with Crippen LogP contribution in [0.5, 0.6) is 5.75 Å². The Bertz CT molecular complexity index is 610. The van der Waals surface area contributed by atoms with Crippen molar-refractivity contribution in [3.63, 3.8) is 0 Å². The second-order valence-corrected chi connectivity index (χ2v) is 4.80. The fourth-order valence-corrected chi connectivity index (χ4v) is 1.90. The zero-order valence-corrected chi connectivity index (χ0v) is 12.1. The first kappa shape index (κ1) is 14.4. The van der Waals surface area contributed by atoms with Gasteiger partial charge in [0.1, 0.15) is 11.6 Å². The summed E-state index contributed by atoms with van der Waals surface area (Å²) in [7, 11) is 0. The smallest absolute Gasteiger partial charge is 0.263 e. The summed E-state index contributed by atoms with van der Waals surface area (Å²) in [5.41, 5.74) is 1.97. The van der Waals surface area contributed by atoms with E-state index < -0.39 is 0 Å². The second kappa shape index (κ2) is 6.43. The highest BCUT2D eigenvalue weighted by atomic mass is 35.5. The van der Waals surface area contributed by atoms with E-state index in [0.717, 1.165) is 17.5 Å². The summed E-state index contributed by atoms with van der Waals surface area (Å²) in [6, 6.07) is 5.42. The Morgan fingerprint density at radius 2 is 2.30 bits per heavy atom. The molecule has 0 aliphatic carbocycles. The maximum Gasteiger partial charge on any atom is 0.263 e. The molecule has 0 saturated carbocycles. The van der Waals surface area contributed by atoms with Crippen molar-refractivity contribution in [2.24, 2.45) is 0 Å². The number of anilines is 1. The van der Waals surface area contributed by atoms with E-state index >= 15 is 0 Å². The lowest BCUT2D eigenvalue weighted by atomic mass is 10.2. The molecule has 6 heteroatoms. The van der Waals surface area contributed by atoms with Gasteiger partial charge in [0.05, 0.1) is 11.2 Å². The molecule has 2 aromatic rings. The number of rotatable bonds is 5. The lowest BCUT2D eigenvalue weighted by Crippen LogP contribution is -2.21. The number of nitrogens with zero attached hydrogens (tertiary/aromatic N) is 1. The lowest BCUT2D eigenvalue weighted by Gasteiger charge is -2.09. The molecule has 0 atom stereocenters. The van der Waals surface area contributed by atoms with Crippen molar-refractivity contribution in [3.8, 4) is 5.75 Å². The quantitative estimate of drug-likeness (QED) is 0.890. The first-order valence-corrected chi connectivity index (χ1v) is 6.69. The minimum Gasteiger partial charge on any atom is -0.482 e. The molecule has 5 nitrogen and oxygen atoms in total. The van der Waals surface area contributed by atoms with Crippen molar-refractivity contribution in [1.29, 1.82) is 0 Å². The van der Waals surface area contributed by atoms with E-state index in [9.17, 15) is 4.79 Å². The zero-order chi connectivity index (χ0) is 14.5. The number of hydrogen-bond acceptors (Lipinski definition) is 3. The summed E-state index contributed by atoms with van der Waals surface area (Å²) in [6.45, 7) is 3.82. The Kier molecular flexibility index (Phi) is 4.63. The Labute approximate surface area is 122 Å². The molecular weight excluding hydrogens is 278 g/mol. The molecule has 0 saturated heterocycles. The molecule has 0 radical (unpaired) electrons. The molecule has 0 bridgehead atoms. The van der Waals surface area contributed by atoms with Gasteiger partial charge in [-0.05, 0) is 31.0 Å². The van der Waals surface area contributed by atoms with E-state index in [2.05, 4.69) is 15.5 Å². The topological polar surface area (TPSA) is 67.0 Å². The Morgan fingerprint density at radius 1 is 1.50 bits per heavy atom. The third-order valence-electron chi connectivity index (χ3n) is 2.81. The van der Waals surface area contributed by atoms with E-state index in [1.165, 1.54) is 0 Å². The fraction of sp³-hybridized carbons (Fsp3) is 0.286. The molecule has 106 valence electrons. The van der Waals surface area contributed by atoms with Gasteiger partial charge >= 0.3 is 0 Å². The first-order chi connectivity index (χ1) is 9.60. The molecule has 0 unspecified atom stereocenters. The van der Waals surface area contributed by atoms with Gasteiger partial charge in [-0.2, -0.15) is 5.10 Å². The third-order valence-corrected chi connectivity index (χ3v) is 3.12. The van der Waals surface area contributed by atoms with Crippen molar-refractivity contribution in [3.05, 3.63) is 40.5 Å². The van der Waals surface area contributed by atoms with Gasteiger partial charge in [0, 0.05) is 5.56 Å². The number of amides is 1. The summed E-state index contributed by atoms with van der Waals surface area (Å²) in [4.78, 5) is 11.8. The largest absolute Gasteiger partial charge is 0.482 e. The second-order valence-electron chi connectivity index (χ2n) is 4.39. The SMILES string of the molecule is CCc1cn[nH]c1NC(=O)COc1cc(C)ccc1Cl. The number of aryl methyl sites for hydroxylation is 2. The summed E-state index contributed by atoms with van der Waals surface area (Å²) in [5, 5.41) is 9.84. The van der Waals surface area contributed by atoms with Crippen LogP contribution in [0.15, 0.2) is 24.4 Å². The predicted octanol–water partition coefficient (Wildman–Crippen LogP) is 2.95. The Balaban J connectivity index is 1.94. The molecule has 1 heterocycles. The minimum atomic E-state index is -0.262. The van der Waals surface area contributed by atoms with Gasteiger partial charge < -0.3 is 10.1 Å². The molecule has 0 spiro atoms. The van der Waals surface area contributed by atoms with E-state index in [4.69, 9.17) is 16.3 Å². The Morgan fingerprint density at radius 3 is 3.05 bits per heavy atom. The van der Waals surface area contributed by atoms with Gasteiger partial charge in [-0.25, -0.2) is 0 Å². The number of carbonyl (C=O) groups is 1. The molecule has 1 aromatic carbocycles. The average Bonchev–Trinajstić information content (AvgIpc) is 2.87. The van der Waals surface area contributed by atoms with Crippen LogP contribution in [0.1, 0.15) is 18.1 Å². The third kappa shape index (κ3) is 3.51. The number of nitrogens with one attached hydrogen (secondary N) is 2. The number of hydrogen-bond donors (Lipinski definition) is 2. The van der Waals surface area contributed by atoms with Crippen LogP contribution in [0.2, 0.25) is 5.02 Å². The van der Waals surface area contributed by atoms with Crippen molar-refractivity contribution in [2.75, 3.05) is 11.9 Å². The van der Waals surface area contributed by atoms with Gasteiger partial charge in [-0.1, -0.05) is 24.6 Å². The van der Waals surface area contributed by atoms with Crippen LogP contribution in [-0.4, -0.2) is 22.7 Å². The molecule has 0 fully saturated rings. The molecule has 1 amide bonds. The van der Waals surface area contributed by atoms with Gasteiger partial charge in [-0.3, -0.25) is 9.89 Å². The van der Waals surface area contributed by atoms with Gasteiger partial charge in [0.15, 0.2) is 6.61 Å². The van der Waals surface area contributed by atoms with E-state index in [0.29, 0.717) is 16.6 Å². The normalized spacial score (nSPS) is 10.3. The molecule has 1 aromatic heterocycles. The molecule has 20 heavy (non-hydrogen) atoms. The monoisotopic (exact) mass is 293 g/mol. The van der Waals surface area contributed by atoms with Crippen molar-refractivity contribution in [1.82, 2.24) is 10.2 Å². The van der Waals surface area contributed by atoms with Crippen molar-refractivity contribution in [2.45, 2.75) is 20.3 Å². The van der Waals surface area contributed by atoms with E-state index in [1.54, 1.807) is 18.3 Å². The summed E-state index contributed by atoms with van der Waals surface area (Å²) in [6.07, 6.45) is 2.48. The van der Waals surface area contributed by atoms with Crippen molar-refractivity contribution < 1.29 is 9.53 Å². The summed E-state index contributed by atoms with van der Waals surface area (Å²) in [5.74, 6) is 0.847. The van der Waals surface area contributed by atoms with Gasteiger partial charge in [0.25, 0.3) is 5.91 Å². The van der Waals surface area contributed by atoms with Crippen LogP contribution in [-0.2, 0) is 11.2 Å². The molecule has 0 aliphatic heterocycles. The molecule has 2 rings (SSSR count). The fourth-order valence-electron chi connectivity index (χ4n) is 1.73. The van der Waals surface area contributed by atoms with E-state index in [-0.39, 0.29) is 12.5 Å². The van der Waals surface area contributed by atoms with Crippen LogP contribution in [0.25, 0.3) is 0 Å². The highest BCUT2D eigenvalue weighted by Crippen LogP contribution is 2.25. The van der Waals surface area contributed by atoms with Crippen LogP contribution in [0.4, 0.5) is 5.82 Å². The lowest BCUT2D eigenvalue weighted by molar-refractivity contribution is -0.118. The first-order valence-electron chi connectivity index (χ1n) is 6.31. The summed E-state index contributed by atoms with van der Waals surface area (Å²) >= 11 is 6.00. The van der Waals surface area contributed by atoms with Crippen LogP contribution >= 0.6 is 11.6 Å². The van der Waals surface area contributed by atoms with Crippen molar-refractivity contribution >= 4 is 23.3 Å². The average molecular weight is 294 g/mol. The highest BCUT2D eigenvalue weighted by Gasteiger charge is 2.09.